The average Bonchev–Trinajstić information content (AvgIpc) is 2.94. The van der Waals surface area contributed by atoms with Crippen molar-refractivity contribution < 1.29 is 4.79 Å². The fourth-order valence-corrected chi connectivity index (χ4v) is 2.57. The SMILES string of the molecule is CCCN(Cc1ccc(C)cc1)C(=O)C1CCNC1. The number of amides is 1. The molecule has 1 aliphatic heterocycles. The lowest BCUT2D eigenvalue weighted by Gasteiger charge is -2.25. The molecule has 1 saturated heterocycles. The van der Waals surface area contributed by atoms with Crippen LogP contribution in [0.2, 0.25) is 0 Å². The first-order valence-electron chi connectivity index (χ1n) is 7.25. The minimum Gasteiger partial charge on any atom is -0.338 e. The molecule has 0 bridgehead atoms. The van der Waals surface area contributed by atoms with Crippen LogP contribution in [0.3, 0.4) is 0 Å². The standard InChI is InChI=1S/C16H24N2O/c1-3-10-18(16(19)15-8-9-17-11-15)12-14-6-4-13(2)5-7-14/h4-7,15,17H,3,8-12H2,1-2H3. The molecule has 1 aromatic carbocycles. The van der Waals surface area contributed by atoms with E-state index in [-0.39, 0.29) is 5.92 Å². The summed E-state index contributed by atoms with van der Waals surface area (Å²) in [5, 5.41) is 3.27. The van der Waals surface area contributed by atoms with Crippen molar-refractivity contribution in [3.63, 3.8) is 0 Å². The van der Waals surface area contributed by atoms with Crippen LogP contribution in [0, 0.1) is 12.8 Å². The van der Waals surface area contributed by atoms with Gasteiger partial charge in [0.05, 0.1) is 5.92 Å². The summed E-state index contributed by atoms with van der Waals surface area (Å²) < 4.78 is 0. The Hall–Kier alpha value is -1.35. The number of rotatable bonds is 5. The first kappa shape index (κ1) is 14.1. The monoisotopic (exact) mass is 260 g/mol. The third kappa shape index (κ3) is 3.80. The molecular weight excluding hydrogens is 236 g/mol. The van der Waals surface area contributed by atoms with Gasteiger partial charge in [-0.3, -0.25) is 4.79 Å². The Kier molecular flexibility index (Phi) is 4.97. The molecule has 1 unspecified atom stereocenters. The average molecular weight is 260 g/mol. The van der Waals surface area contributed by atoms with Crippen LogP contribution in [0.4, 0.5) is 0 Å². The number of hydrogen-bond donors (Lipinski definition) is 1. The molecule has 104 valence electrons. The van der Waals surface area contributed by atoms with E-state index in [1.165, 1.54) is 11.1 Å². The highest BCUT2D eigenvalue weighted by Crippen LogP contribution is 2.15. The van der Waals surface area contributed by atoms with E-state index >= 15 is 0 Å². The molecule has 1 aromatic rings. The number of nitrogens with one attached hydrogen (secondary N) is 1. The lowest BCUT2D eigenvalue weighted by Crippen LogP contribution is -2.37. The quantitative estimate of drug-likeness (QED) is 0.881. The van der Waals surface area contributed by atoms with Crippen molar-refractivity contribution in [1.82, 2.24) is 10.2 Å². The van der Waals surface area contributed by atoms with Gasteiger partial charge in [0.25, 0.3) is 0 Å². The van der Waals surface area contributed by atoms with E-state index in [1.54, 1.807) is 0 Å². The Morgan fingerprint density at radius 2 is 2.11 bits per heavy atom. The van der Waals surface area contributed by atoms with Crippen LogP contribution in [-0.4, -0.2) is 30.4 Å². The van der Waals surface area contributed by atoms with Crippen LogP contribution in [0.5, 0.6) is 0 Å². The second kappa shape index (κ2) is 6.71. The second-order valence-electron chi connectivity index (χ2n) is 5.44. The molecule has 1 N–H and O–H groups in total. The largest absolute Gasteiger partial charge is 0.338 e. The lowest BCUT2D eigenvalue weighted by molar-refractivity contribution is -0.135. The first-order valence-corrected chi connectivity index (χ1v) is 7.25. The van der Waals surface area contributed by atoms with Crippen LogP contribution in [-0.2, 0) is 11.3 Å². The number of hydrogen-bond acceptors (Lipinski definition) is 2. The summed E-state index contributed by atoms with van der Waals surface area (Å²) in [6.07, 6.45) is 1.99. The predicted octanol–water partition coefficient (Wildman–Crippen LogP) is 2.34. The molecule has 0 aromatic heterocycles. The van der Waals surface area contributed by atoms with Crippen molar-refractivity contribution in [2.24, 2.45) is 5.92 Å². The molecule has 1 atom stereocenters. The molecule has 0 saturated carbocycles. The molecule has 1 amide bonds. The van der Waals surface area contributed by atoms with Crippen LogP contribution in [0.25, 0.3) is 0 Å². The van der Waals surface area contributed by atoms with E-state index in [0.29, 0.717) is 5.91 Å². The van der Waals surface area contributed by atoms with Gasteiger partial charge in [-0.15, -0.1) is 0 Å². The van der Waals surface area contributed by atoms with Crippen LogP contribution < -0.4 is 5.32 Å². The molecule has 1 heterocycles. The molecule has 19 heavy (non-hydrogen) atoms. The molecule has 3 heteroatoms. The van der Waals surface area contributed by atoms with Crippen LogP contribution in [0.1, 0.15) is 30.9 Å². The number of carbonyl (C=O) groups is 1. The molecule has 3 nitrogen and oxygen atoms in total. The zero-order chi connectivity index (χ0) is 13.7. The van der Waals surface area contributed by atoms with E-state index < -0.39 is 0 Å². The first-order chi connectivity index (χ1) is 9.20. The Morgan fingerprint density at radius 3 is 2.68 bits per heavy atom. The van der Waals surface area contributed by atoms with E-state index in [9.17, 15) is 4.79 Å². The smallest absolute Gasteiger partial charge is 0.227 e. The summed E-state index contributed by atoms with van der Waals surface area (Å²) in [5.74, 6) is 0.490. The summed E-state index contributed by atoms with van der Waals surface area (Å²) in [6.45, 7) is 7.62. The maximum atomic E-state index is 12.5. The van der Waals surface area contributed by atoms with Gasteiger partial charge in [-0.2, -0.15) is 0 Å². The normalized spacial score (nSPS) is 18.5. The number of nitrogens with zero attached hydrogens (tertiary/aromatic N) is 1. The van der Waals surface area contributed by atoms with Crippen molar-refractivity contribution in [3.05, 3.63) is 35.4 Å². The molecular formula is C16H24N2O. The van der Waals surface area contributed by atoms with Crippen molar-refractivity contribution in [1.29, 1.82) is 0 Å². The molecule has 1 fully saturated rings. The Labute approximate surface area is 116 Å². The van der Waals surface area contributed by atoms with E-state index in [1.807, 2.05) is 4.90 Å². The third-order valence-electron chi connectivity index (χ3n) is 3.71. The van der Waals surface area contributed by atoms with E-state index in [0.717, 1.165) is 39.0 Å². The van der Waals surface area contributed by atoms with Gasteiger partial charge in [0.2, 0.25) is 5.91 Å². The minimum absolute atomic E-state index is 0.178. The highest BCUT2D eigenvalue weighted by Gasteiger charge is 2.26. The van der Waals surface area contributed by atoms with Gasteiger partial charge in [0, 0.05) is 19.6 Å². The van der Waals surface area contributed by atoms with Crippen molar-refractivity contribution in [2.75, 3.05) is 19.6 Å². The van der Waals surface area contributed by atoms with Gasteiger partial charge in [-0.25, -0.2) is 0 Å². The van der Waals surface area contributed by atoms with E-state index in [4.69, 9.17) is 0 Å². The Balaban J connectivity index is 2.02. The summed E-state index contributed by atoms with van der Waals surface area (Å²) >= 11 is 0. The fraction of sp³-hybridized carbons (Fsp3) is 0.562. The highest BCUT2D eigenvalue weighted by molar-refractivity contribution is 5.79. The molecule has 1 aliphatic rings. The molecule has 0 radical (unpaired) electrons. The van der Waals surface area contributed by atoms with E-state index in [2.05, 4.69) is 43.4 Å². The maximum Gasteiger partial charge on any atom is 0.227 e. The zero-order valence-electron chi connectivity index (χ0n) is 12.0. The van der Waals surface area contributed by atoms with Gasteiger partial charge in [-0.05, 0) is 31.9 Å². The van der Waals surface area contributed by atoms with Gasteiger partial charge in [0.1, 0.15) is 0 Å². The fourth-order valence-electron chi connectivity index (χ4n) is 2.57. The number of benzene rings is 1. The van der Waals surface area contributed by atoms with Crippen LogP contribution >= 0.6 is 0 Å². The summed E-state index contributed by atoms with van der Waals surface area (Å²) in [5.41, 5.74) is 2.48. The molecule has 2 rings (SSSR count). The zero-order valence-corrected chi connectivity index (χ0v) is 12.0. The minimum atomic E-state index is 0.178. The summed E-state index contributed by atoms with van der Waals surface area (Å²) in [7, 11) is 0. The van der Waals surface area contributed by atoms with Crippen molar-refractivity contribution in [2.45, 2.75) is 33.2 Å². The van der Waals surface area contributed by atoms with Gasteiger partial charge in [-0.1, -0.05) is 36.8 Å². The number of aryl methyl sites for hydroxylation is 1. The van der Waals surface area contributed by atoms with Gasteiger partial charge >= 0.3 is 0 Å². The van der Waals surface area contributed by atoms with Crippen molar-refractivity contribution in [3.8, 4) is 0 Å². The van der Waals surface area contributed by atoms with Gasteiger partial charge in [0.15, 0.2) is 0 Å². The highest BCUT2D eigenvalue weighted by atomic mass is 16.2. The molecule has 0 aliphatic carbocycles. The van der Waals surface area contributed by atoms with Crippen LogP contribution in [0.15, 0.2) is 24.3 Å². The number of carbonyl (C=O) groups excluding carboxylic acids is 1. The Morgan fingerprint density at radius 1 is 1.37 bits per heavy atom. The predicted molar refractivity (Wildman–Crippen MR) is 77.9 cm³/mol. The molecule has 0 spiro atoms. The summed E-state index contributed by atoms with van der Waals surface area (Å²) in [6, 6.07) is 8.47. The maximum absolute atomic E-state index is 12.5. The van der Waals surface area contributed by atoms with Crippen molar-refractivity contribution >= 4 is 5.91 Å². The lowest BCUT2D eigenvalue weighted by atomic mass is 10.1. The summed E-state index contributed by atoms with van der Waals surface area (Å²) in [4.78, 5) is 14.5. The second-order valence-corrected chi connectivity index (χ2v) is 5.44. The van der Waals surface area contributed by atoms with Gasteiger partial charge < -0.3 is 10.2 Å². The third-order valence-corrected chi connectivity index (χ3v) is 3.71. The topological polar surface area (TPSA) is 32.3 Å². The Bertz CT molecular complexity index is 407.